The summed E-state index contributed by atoms with van der Waals surface area (Å²) in [5.41, 5.74) is 0.158. The van der Waals surface area contributed by atoms with Gasteiger partial charge in [-0.15, -0.1) is 0 Å². The summed E-state index contributed by atoms with van der Waals surface area (Å²) in [6.07, 6.45) is 1.38. The number of anilines is 1. The number of halogens is 3. The average molecular weight is 294 g/mol. The normalized spacial score (nSPS) is 10.5. The number of carboxylic acids is 1. The fraction of sp³-hybridized carbons (Fsp3) is 0. The van der Waals surface area contributed by atoms with Gasteiger partial charge in [-0.3, -0.25) is 4.79 Å². The highest BCUT2D eigenvalue weighted by molar-refractivity contribution is 6.42. The van der Waals surface area contributed by atoms with Crippen molar-refractivity contribution in [2.24, 2.45) is 0 Å². The number of rotatable bonds is 3. The first-order valence-electron chi connectivity index (χ1n) is 4.24. The van der Waals surface area contributed by atoms with Gasteiger partial charge in [-0.1, -0.05) is 34.8 Å². The van der Waals surface area contributed by atoms with Crippen LogP contribution in [0.2, 0.25) is 15.1 Å². The van der Waals surface area contributed by atoms with Crippen LogP contribution in [0.3, 0.4) is 0 Å². The third kappa shape index (κ3) is 4.26. The molecule has 0 aromatic heterocycles. The third-order valence-corrected chi connectivity index (χ3v) is 2.44. The molecule has 0 aliphatic carbocycles. The molecule has 1 rings (SSSR count). The standard InChI is InChI=1S/C10H6Cl3NO3/c11-5-3-6(12)10(7(13)4-5)14-8(15)1-2-9(16)17/h1-4H,(H,14,15)(H,16,17)/p-1/b2-1-. The van der Waals surface area contributed by atoms with Gasteiger partial charge in [0.05, 0.1) is 21.7 Å². The zero-order valence-electron chi connectivity index (χ0n) is 8.17. The van der Waals surface area contributed by atoms with Crippen molar-refractivity contribution in [3.63, 3.8) is 0 Å². The van der Waals surface area contributed by atoms with Crippen LogP contribution in [-0.4, -0.2) is 11.9 Å². The van der Waals surface area contributed by atoms with E-state index in [-0.39, 0.29) is 15.7 Å². The maximum atomic E-state index is 11.3. The Labute approximate surface area is 112 Å². The van der Waals surface area contributed by atoms with Crippen LogP contribution in [0.1, 0.15) is 0 Å². The lowest BCUT2D eigenvalue weighted by Crippen LogP contribution is -2.20. The molecular weight excluding hydrogens is 288 g/mol. The molecule has 7 heteroatoms. The number of amides is 1. The van der Waals surface area contributed by atoms with Gasteiger partial charge in [0.25, 0.3) is 0 Å². The lowest BCUT2D eigenvalue weighted by atomic mass is 10.3. The molecule has 0 radical (unpaired) electrons. The van der Waals surface area contributed by atoms with Gasteiger partial charge < -0.3 is 15.2 Å². The van der Waals surface area contributed by atoms with Gasteiger partial charge in [-0.05, 0) is 18.2 Å². The summed E-state index contributed by atoms with van der Waals surface area (Å²) in [6, 6.07) is 2.79. The minimum atomic E-state index is -1.48. The van der Waals surface area contributed by atoms with Crippen LogP contribution in [0.4, 0.5) is 5.69 Å². The lowest BCUT2D eigenvalue weighted by molar-refractivity contribution is -0.297. The molecule has 0 fully saturated rings. The van der Waals surface area contributed by atoms with Gasteiger partial charge >= 0.3 is 0 Å². The molecule has 1 N–H and O–H groups in total. The molecule has 0 spiro atoms. The second-order valence-corrected chi connectivity index (χ2v) is 4.14. The molecule has 0 unspecified atom stereocenters. The smallest absolute Gasteiger partial charge is 0.248 e. The Bertz CT molecular complexity index is 477. The lowest BCUT2D eigenvalue weighted by Gasteiger charge is -2.07. The Morgan fingerprint density at radius 1 is 1.12 bits per heavy atom. The molecule has 0 bridgehead atoms. The van der Waals surface area contributed by atoms with E-state index in [1.807, 2.05) is 0 Å². The fourth-order valence-electron chi connectivity index (χ4n) is 0.970. The second kappa shape index (κ2) is 5.91. The number of hydrogen-bond donors (Lipinski definition) is 1. The summed E-state index contributed by atoms with van der Waals surface area (Å²) in [7, 11) is 0. The van der Waals surface area contributed by atoms with E-state index in [2.05, 4.69) is 5.32 Å². The van der Waals surface area contributed by atoms with Crippen LogP contribution >= 0.6 is 34.8 Å². The molecule has 0 aliphatic heterocycles. The molecule has 0 heterocycles. The molecule has 17 heavy (non-hydrogen) atoms. The van der Waals surface area contributed by atoms with Crippen molar-refractivity contribution < 1.29 is 14.7 Å². The van der Waals surface area contributed by atoms with Gasteiger partial charge in [-0.2, -0.15) is 0 Å². The van der Waals surface area contributed by atoms with Gasteiger partial charge in [0.1, 0.15) is 0 Å². The largest absolute Gasteiger partial charge is 0.545 e. The van der Waals surface area contributed by atoms with Crippen LogP contribution in [-0.2, 0) is 9.59 Å². The van der Waals surface area contributed by atoms with Crippen molar-refractivity contribution in [2.45, 2.75) is 0 Å². The topological polar surface area (TPSA) is 69.2 Å². The van der Waals surface area contributed by atoms with Gasteiger partial charge in [0.15, 0.2) is 0 Å². The third-order valence-electron chi connectivity index (χ3n) is 1.63. The van der Waals surface area contributed by atoms with Crippen molar-refractivity contribution in [3.8, 4) is 0 Å². The van der Waals surface area contributed by atoms with Crippen molar-refractivity contribution in [2.75, 3.05) is 5.32 Å². The Morgan fingerprint density at radius 3 is 2.12 bits per heavy atom. The molecule has 4 nitrogen and oxygen atoms in total. The molecule has 1 amide bonds. The summed E-state index contributed by atoms with van der Waals surface area (Å²) in [5, 5.41) is 13.0. The number of nitrogens with one attached hydrogen (secondary N) is 1. The van der Waals surface area contributed by atoms with Crippen LogP contribution < -0.4 is 10.4 Å². The maximum Gasteiger partial charge on any atom is 0.248 e. The molecule has 0 saturated carbocycles. The van der Waals surface area contributed by atoms with E-state index in [0.717, 1.165) is 6.08 Å². The molecule has 0 atom stereocenters. The maximum absolute atomic E-state index is 11.3. The van der Waals surface area contributed by atoms with Crippen LogP contribution in [0.25, 0.3) is 0 Å². The Morgan fingerprint density at radius 2 is 1.65 bits per heavy atom. The average Bonchev–Trinajstić information content (AvgIpc) is 2.20. The van der Waals surface area contributed by atoms with E-state index in [4.69, 9.17) is 34.8 Å². The van der Waals surface area contributed by atoms with Gasteiger partial charge in [-0.25, -0.2) is 0 Å². The van der Waals surface area contributed by atoms with Crippen LogP contribution in [0.5, 0.6) is 0 Å². The first kappa shape index (κ1) is 13.8. The summed E-state index contributed by atoms with van der Waals surface area (Å²) in [5.74, 6) is -2.17. The Kier molecular flexibility index (Phi) is 4.81. The monoisotopic (exact) mass is 292 g/mol. The van der Waals surface area contributed by atoms with Gasteiger partial charge in [0.2, 0.25) is 5.91 Å². The quantitative estimate of drug-likeness (QED) is 0.865. The van der Waals surface area contributed by atoms with E-state index in [1.54, 1.807) is 0 Å². The highest BCUT2D eigenvalue weighted by Gasteiger charge is 2.09. The highest BCUT2D eigenvalue weighted by atomic mass is 35.5. The van der Waals surface area contributed by atoms with E-state index in [9.17, 15) is 14.7 Å². The predicted molar refractivity (Wildman–Crippen MR) is 64.2 cm³/mol. The minimum absolute atomic E-state index is 0.151. The highest BCUT2D eigenvalue weighted by Crippen LogP contribution is 2.33. The van der Waals surface area contributed by atoms with E-state index >= 15 is 0 Å². The molecule has 1 aromatic rings. The number of hydrogen-bond acceptors (Lipinski definition) is 3. The van der Waals surface area contributed by atoms with Crippen LogP contribution in [0.15, 0.2) is 24.3 Å². The number of aliphatic carboxylic acids is 1. The van der Waals surface area contributed by atoms with Crippen molar-refractivity contribution in [1.82, 2.24) is 0 Å². The Balaban J connectivity index is 2.89. The summed E-state index contributed by atoms with van der Waals surface area (Å²) < 4.78 is 0. The molecule has 90 valence electrons. The first-order chi connectivity index (χ1) is 7.90. The first-order valence-corrected chi connectivity index (χ1v) is 5.38. The zero-order chi connectivity index (χ0) is 13.0. The zero-order valence-corrected chi connectivity index (χ0v) is 10.4. The molecule has 0 saturated heterocycles. The summed E-state index contributed by atoms with van der Waals surface area (Å²) in [4.78, 5) is 21.4. The Hall–Kier alpha value is -1.23. The van der Waals surface area contributed by atoms with E-state index < -0.39 is 11.9 Å². The van der Waals surface area contributed by atoms with Gasteiger partial charge in [0, 0.05) is 11.1 Å². The van der Waals surface area contributed by atoms with Crippen molar-refractivity contribution in [3.05, 3.63) is 39.4 Å². The molecule has 1 aromatic carbocycles. The summed E-state index contributed by atoms with van der Waals surface area (Å²) >= 11 is 17.3. The second-order valence-electron chi connectivity index (χ2n) is 2.89. The number of benzene rings is 1. The SMILES string of the molecule is O=C([O-])/C=C\C(=O)Nc1c(Cl)cc(Cl)cc1Cl. The van der Waals surface area contributed by atoms with Crippen molar-refractivity contribution >= 4 is 52.4 Å². The fourth-order valence-corrected chi connectivity index (χ4v) is 1.88. The molecule has 0 aliphatic rings. The predicted octanol–water partition coefficient (Wildman–Crippen LogP) is 1.89. The number of carbonyl (C=O) groups is 2. The van der Waals surface area contributed by atoms with Crippen LogP contribution in [0, 0.1) is 0 Å². The van der Waals surface area contributed by atoms with E-state index in [1.165, 1.54) is 12.1 Å². The minimum Gasteiger partial charge on any atom is -0.545 e. The molecular formula is C10H5Cl3NO3-. The summed E-state index contributed by atoms with van der Waals surface area (Å²) in [6.45, 7) is 0. The van der Waals surface area contributed by atoms with Crippen molar-refractivity contribution in [1.29, 1.82) is 0 Å². The number of carboxylic acid groups (broad SMARTS) is 1. The number of carbonyl (C=O) groups excluding carboxylic acids is 2. The van der Waals surface area contributed by atoms with E-state index in [0.29, 0.717) is 11.1 Å².